The molecule has 2 aromatic carbocycles. The fourth-order valence-corrected chi connectivity index (χ4v) is 1.61. The van der Waals surface area contributed by atoms with Gasteiger partial charge in [0.05, 0.1) is 0 Å². The summed E-state index contributed by atoms with van der Waals surface area (Å²) in [5, 5.41) is 26.6. The minimum Gasteiger partial charge on any atom is -0.502 e. The van der Waals surface area contributed by atoms with E-state index in [4.69, 9.17) is 5.41 Å². The summed E-state index contributed by atoms with van der Waals surface area (Å²) in [5.74, 6) is 4.61. The van der Waals surface area contributed by atoms with Gasteiger partial charge in [-0.15, -0.1) is 0 Å². The molecule has 3 N–H and O–H groups in total. The zero-order valence-electron chi connectivity index (χ0n) is 9.46. The fourth-order valence-electron chi connectivity index (χ4n) is 1.61. The zero-order valence-corrected chi connectivity index (χ0v) is 9.46. The van der Waals surface area contributed by atoms with Crippen molar-refractivity contribution in [2.75, 3.05) is 0 Å². The molecule has 0 atom stereocenters. The van der Waals surface area contributed by atoms with Crippen LogP contribution in [0.3, 0.4) is 0 Å². The van der Waals surface area contributed by atoms with Crippen LogP contribution < -0.4 is 4.58 Å². The van der Waals surface area contributed by atoms with Crippen LogP contribution in [0.1, 0.15) is 0 Å². The monoisotopic (exact) mass is 239 g/mol. The number of hydrogen-bond acceptors (Lipinski definition) is 3. The second kappa shape index (κ2) is 5.02. The van der Waals surface area contributed by atoms with Crippen LogP contribution in [0.25, 0.3) is 0 Å². The molecule has 18 heavy (non-hydrogen) atoms. The molecule has 4 heteroatoms. The molecule has 0 aliphatic heterocycles. The van der Waals surface area contributed by atoms with Crippen LogP contribution in [-0.2, 0) is 0 Å². The second-order valence-electron chi connectivity index (χ2n) is 3.55. The Hall–Kier alpha value is -2.80. The topological polar surface area (TPSA) is 67.3 Å². The van der Waals surface area contributed by atoms with Gasteiger partial charge in [-0.3, -0.25) is 0 Å². The summed E-state index contributed by atoms with van der Waals surface area (Å²) in [6, 6.07) is 13.2. The summed E-state index contributed by atoms with van der Waals surface area (Å²) in [6.07, 6.45) is 0. The van der Waals surface area contributed by atoms with Gasteiger partial charge in [-0.1, -0.05) is 28.8 Å². The first-order valence-corrected chi connectivity index (χ1v) is 5.27. The Labute approximate surface area is 104 Å². The van der Waals surface area contributed by atoms with E-state index in [9.17, 15) is 10.2 Å². The van der Waals surface area contributed by atoms with E-state index in [1.165, 1.54) is 16.7 Å². The van der Waals surface area contributed by atoms with Crippen molar-refractivity contribution < 1.29 is 10.2 Å². The number of benzene rings is 2. The fraction of sp³-hybridized carbons (Fsp3) is 0. The van der Waals surface area contributed by atoms with E-state index in [-0.39, 0.29) is 11.5 Å². The Bertz CT molecular complexity index is 619. The van der Waals surface area contributed by atoms with Crippen molar-refractivity contribution in [1.82, 2.24) is 4.58 Å². The third kappa shape index (κ3) is 2.15. The van der Waals surface area contributed by atoms with Crippen molar-refractivity contribution >= 4 is 23.1 Å². The average Bonchev–Trinajstić information content (AvgIpc) is 2.38. The van der Waals surface area contributed by atoms with Crippen molar-refractivity contribution in [3.05, 3.63) is 48.5 Å². The Balaban J connectivity index is 2.71. The molecule has 0 aliphatic carbocycles. The standard InChI is InChI=1S/C14H10N2O2/c15-9-10-16(11-5-1-3-7-13(11)17)12-6-2-4-8-14(12)18/h1-8H,(H2-,15,17,18)/p+1. The van der Waals surface area contributed by atoms with Gasteiger partial charge in [0.15, 0.2) is 11.5 Å². The second-order valence-corrected chi connectivity index (χ2v) is 3.55. The molecule has 0 unspecified atom stereocenters. The molecular weight excluding hydrogens is 228 g/mol. The maximum atomic E-state index is 9.81. The number of rotatable bonds is 2. The van der Waals surface area contributed by atoms with Crippen LogP contribution in [-0.4, -0.2) is 22.0 Å². The van der Waals surface area contributed by atoms with Gasteiger partial charge in [0.1, 0.15) is 5.87 Å². The van der Waals surface area contributed by atoms with Crippen LogP contribution in [0.15, 0.2) is 48.5 Å². The quantitative estimate of drug-likeness (QED) is 0.556. The van der Waals surface area contributed by atoms with Gasteiger partial charge >= 0.3 is 0 Å². The molecule has 0 radical (unpaired) electrons. The number of hydrogen-bond donors (Lipinski definition) is 3. The molecule has 88 valence electrons. The molecular formula is C14H11N2O2+. The first kappa shape index (κ1) is 11.7. The number of para-hydroxylation sites is 4. The number of phenolic OH excluding ortho intramolecular Hbond substituents is 2. The minimum absolute atomic E-state index is 0.0310. The number of phenols is 2. The molecule has 0 saturated heterocycles. The first-order chi connectivity index (χ1) is 8.74. The molecule has 0 heterocycles. The highest BCUT2D eigenvalue weighted by molar-refractivity contribution is 5.91. The molecule has 0 saturated carbocycles. The van der Waals surface area contributed by atoms with E-state index in [0.717, 1.165) is 0 Å². The lowest BCUT2D eigenvalue weighted by atomic mass is 10.2. The predicted octanol–water partition coefficient (Wildman–Crippen LogP) is 2.41. The maximum Gasteiger partial charge on any atom is 0.263 e. The normalized spacial score (nSPS) is 9.33. The lowest BCUT2D eigenvalue weighted by Gasteiger charge is -2.01. The summed E-state index contributed by atoms with van der Waals surface area (Å²) in [6.45, 7) is 0. The van der Waals surface area contributed by atoms with E-state index in [2.05, 4.69) is 5.87 Å². The Morgan fingerprint density at radius 3 is 1.67 bits per heavy atom. The smallest absolute Gasteiger partial charge is 0.263 e. The van der Waals surface area contributed by atoms with Crippen LogP contribution in [0.2, 0.25) is 0 Å². The maximum absolute atomic E-state index is 9.81. The molecule has 2 aromatic rings. The van der Waals surface area contributed by atoms with Crippen molar-refractivity contribution in [2.24, 2.45) is 0 Å². The highest BCUT2D eigenvalue weighted by Gasteiger charge is 2.20. The third-order valence-electron chi connectivity index (χ3n) is 2.41. The SMILES string of the molecule is N=C=C=[N+](c1ccccc1O)c1ccccc1O. The summed E-state index contributed by atoms with van der Waals surface area (Å²) < 4.78 is 1.37. The molecule has 0 fully saturated rings. The van der Waals surface area contributed by atoms with Crippen molar-refractivity contribution in [3.8, 4) is 11.5 Å². The summed E-state index contributed by atoms with van der Waals surface area (Å²) in [7, 11) is 0. The van der Waals surface area contributed by atoms with E-state index < -0.39 is 0 Å². The summed E-state index contributed by atoms with van der Waals surface area (Å²) in [4.78, 5) is 0. The van der Waals surface area contributed by atoms with Crippen molar-refractivity contribution in [3.63, 3.8) is 0 Å². The molecule has 0 spiro atoms. The Kier molecular flexibility index (Phi) is 3.26. The minimum atomic E-state index is 0.0310. The van der Waals surface area contributed by atoms with Crippen LogP contribution >= 0.6 is 0 Å². The first-order valence-electron chi connectivity index (χ1n) is 5.27. The largest absolute Gasteiger partial charge is 0.502 e. The van der Waals surface area contributed by atoms with Crippen molar-refractivity contribution in [1.29, 1.82) is 5.41 Å². The number of nitrogens with one attached hydrogen (secondary N) is 1. The third-order valence-corrected chi connectivity index (χ3v) is 2.41. The van der Waals surface area contributed by atoms with Crippen LogP contribution in [0.5, 0.6) is 11.5 Å². The highest BCUT2D eigenvalue weighted by atomic mass is 16.3. The van der Waals surface area contributed by atoms with E-state index in [1.54, 1.807) is 36.4 Å². The molecule has 0 bridgehead atoms. The summed E-state index contributed by atoms with van der Waals surface area (Å²) in [5.41, 5.74) is 0.831. The Morgan fingerprint density at radius 1 is 0.833 bits per heavy atom. The lowest BCUT2D eigenvalue weighted by Crippen LogP contribution is -2.02. The predicted molar refractivity (Wildman–Crippen MR) is 70.4 cm³/mol. The van der Waals surface area contributed by atoms with E-state index in [0.29, 0.717) is 11.4 Å². The average molecular weight is 239 g/mol. The molecule has 2 rings (SSSR count). The highest BCUT2D eigenvalue weighted by Crippen LogP contribution is 2.32. The van der Waals surface area contributed by atoms with Gasteiger partial charge in [0.25, 0.3) is 17.2 Å². The van der Waals surface area contributed by atoms with Crippen molar-refractivity contribution in [2.45, 2.75) is 0 Å². The van der Waals surface area contributed by atoms with Crippen LogP contribution in [0, 0.1) is 5.41 Å². The molecule has 4 nitrogen and oxygen atoms in total. The van der Waals surface area contributed by atoms with E-state index >= 15 is 0 Å². The molecule has 0 aromatic heterocycles. The van der Waals surface area contributed by atoms with Gasteiger partial charge < -0.3 is 10.2 Å². The number of nitrogens with zero attached hydrogens (tertiary/aromatic N) is 1. The van der Waals surface area contributed by atoms with Gasteiger partial charge in [0.2, 0.25) is 0 Å². The van der Waals surface area contributed by atoms with E-state index in [1.807, 2.05) is 5.87 Å². The molecule has 0 amide bonds. The molecule has 0 aliphatic rings. The van der Waals surface area contributed by atoms with Crippen LogP contribution in [0.4, 0.5) is 11.4 Å². The summed E-state index contributed by atoms with van der Waals surface area (Å²) >= 11 is 0. The van der Waals surface area contributed by atoms with Gasteiger partial charge in [-0.25, -0.2) is 5.41 Å². The van der Waals surface area contributed by atoms with Gasteiger partial charge in [0, 0.05) is 12.1 Å². The Morgan fingerprint density at radius 2 is 1.28 bits per heavy atom. The van der Waals surface area contributed by atoms with Gasteiger partial charge in [-0.2, -0.15) is 0 Å². The number of aromatic hydroxyl groups is 2. The lowest BCUT2D eigenvalue weighted by molar-refractivity contribution is 0.468. The zero-order chi connectivity index (χ0) is 13.0. The van der Waals surface area contributed by atoms with Gasteiger partial charge in [-0.05, 0) is 12.1 Å².